The van der Waals surface area contributed by atoms with Crippen LogP contribution in [0.3, 0.4) is 0 Å². The standard InChI is InChI=1S/C31H38ClN3O4S/c1-22-11-10-14-27(23(22)2)35(40(6,38)39)21-29(36)34(20-25-15-17-26(32)18-16-25)28(30(37)33-31(3,4)5)19-24-12-8-7-9-13-24/h7-18,28H,19-21H2,1-6H3,(H,33,37). The number of anilines is 1. The fourth-order valence-electron chi connectivity index (χ4n) is 4.39. The van der Waals surface area contributed by atoms with E-state index in [-0.39, 0.29) is 18.9 Å². The maximum Gasteiger partial charge on any atom is 0.244 e. The summed E-state index contributed by atoms with van der Waals surface area (Å²) in [5.74, 6) is -0.817. The SMILES string of the molecule is Cc1cccc(N(CC(=O)N(Cc2ccc(Cl)cc2)C(Cc2ccccc2)C(=O)NC(C)(C)C)S(C)(=O)=O)c1C. The van der Waals surface area contributed by atoms with Crippen LogP contribution in [0.5, 0.6) is 0 Å². The molecule has 0 radical (unpaired) electrons. The molecule has 0 aliphatic carbocycles. The molecule has 1 N–H and O–H groups in total. The first-order valence-electron chi connectivity index (χ1n) is 13.1. The summed E-state index contributed by atoms with van der Waals surface area (Å²) in [4.78, 5) is 29.4. The molecule has 0 heterocycles. The average Bonchev–Trinajstić information content (AvgIpc) is 2.86. The number of hydrogen-bond donors (Lipinski definition) is 1. The number of amides is 2. The zero-order valence-electron chi connectivity index (χ0n) is 23.9. The lowest BCUT2D eigenvalue weighted by Crippen LogP contribution is -2.56. The van der Waals surface area contributed by atoms with Crippen LogP contribution in [0.25, 0.3) is 0 Å². The molecule has 3 aromatic rings. The number of carbonyl (C=O) groups excluding carboxylic acids is 2. The molecule has 0 bridgehead atoms. The van der Waals surface area contributed by atoms with E-state index in [4.69, 9.17) is 11.6 Å². The van der Waals surface area contributed by atoms with Gasteiger partial charge in [0.2, 0.25) is 21.8 Å². The Kier molecular flexibility index (Phi) is 10.0. The average molecular weight is 584 g/mol. The zero-order chi connectivity index (χ0) is 29.7. The number of carbonyl (C=O) groups is 2. The van der Waals surface area contributed by atoms with Crippen LogP contribution in [0.1, 0.15) is 43.0 Å². The van der Waals surface area contributed by atoms with E-state index >= 15 is 0 Å². The number of hydrogen-bond acceptors (Lipinski definition) is 4. The van der Waals surface area contributed by atoms with Gasteiger partial charge in [0.25, 0.3) is 0 Å². The summed E-state index contributed by atoms with van der Waals surface area (Å²) in [7, 11) is -3.83. The summed E-state index contributed by atoms with van der Waals surface area (Å²) >= 11 is 6.10. The molecule has 0 aliphatic heterocycles. The van der Waals surface area contributed by atoms with Crippen LogP contribution < -0.4 is 9.62 Å². The largest absolute Gasteiger partial charge is 0.350 e. The Hall–Kier alpha value is -3.36. The van der Waals surface area contributed by atoms with Crippen molar-refractivity contribution in [2.24, 2.45) is 0 Å². The monoisotopic (exact) mass is 583 g/mol. The Morgan fingerprint density at radius 2 is 1.52 bits per heavy atom. The molecule has 0 aliphatic rings. The quantitative estimate of drug-likeness (QED) is 0.352. The summed E-state index contributed by atoms with van der Waals surface area (Å²) in [6.07, 6.45) is 1.34. The van der Waals surface area contributed by atoms with Gasteiger partial charge < -0.3 is 10.2 Å². The fraction of sp³-hybridized carbons (Fsp3) is 0.355. The van der Waals surface area contributed by atoms with E-state index < -0.39 is 34.1 Å². The van der Waals surface area contributed by atoms with Gasteiger partial charge in [0.1, 0.15) is 12.6 Å². The second-order valence-corrected chi connectivity index (χ2v) is 13.4. The highest BCUT2D eigenvalue weighted by molar-refractivity contribution is 7.92. The Morgan fingerprint density at radius 1 is 0.900 bits per heavy atom. The molecule has 1 unspecified atom stereocenters. The van der Waals surface area contributed by atoms with Crippen LogP contribution in [0.2, 0.25) is 5.02 Å². The third-order valence-corrected chi connectivity index (χ3v) is 7.94. The Balaban J connectivity index is 2.09. The van der Waals surface area contributed by atoms with Crippen molar-refractivity contribution in [3.63, 3.8) is 0 Å². The number of sulfonamides is 1. The van der Waals surface area contributed by atoms with Crippen molar-refractivity contribution >= 4 is 39.1 Å². The Morgan fingerprint density at radius 3 is 2.10 bits per heavy atom. The molecule has 2 amide bonds. The third kappa shape index (κ3) is 8.57. The van der Waals surface area contributed by atoms with Gasteiger partial charge in [-0.15, -0.1) is 0 Å². The maximum absolute atomic E-state index is 14.2. The van der Waals surface area contributed by atoms with E-state index in [0.717, 1.165) is 32.8 Å². The van der Waals surface area contributed by atoms with Gasteiger partial charge >= 0.3 is 0 Å². The first-order chi connectivity index (χ1) is 18.7. The molecule has 3 aromatic carbocycles. The first kappa shape index (κ1) is 31.2. The summed E-state index contributed by atoms with van der Waals surface area (Å²) in [5.41, 5.74) is 3.19. The molecule has 1 atom stereocenters. The van der Waals surface area contributed by atoms with Crippen molar-refractivity contribution in [2.75, 3.05) is 17.1 Å². The van der Waals surface area contributed by atoms with Gasteiger partial charge in [-0.2, -0.15) is 0 Å². The molecule has 40 heavy (non-hydrogen) atoms. The second kappa shape index (κ2) is 12.9. The minimum Gasteiger partial charge on any atom is -0.350 e. The van der Waals surface area contributed by atoms with Crippen LogP contribution in [-0.2, 0) is 32.6 Å². The Labute approximate surface area is 243 Å². The number of nitrogens with one attached hydrogen (secondary N) is 1. The van der Waals surface area contributed by atoms with E-state index in [1.165, 1.54) is 4.90 Å². The highest BCUT2D eigenvalue weighted by Gasteiger charge is 2.34. The third-order valence-electron chi connectivity index (χ3n) is 6.56. The van der Waals surface area contributed by atoms with Crippen molar-refractivity contribution in [2.45, 2.75) is 59.2 Å². The van der Waals surface area contributed by atoms with Gasteiger partial charge in [-0.05, 0) is 75.1 Å². The molecule has 0 fully saturated rings. The van der Waals surface area contributed by atoms with E-state index in [1.807, 2.05) is 71.0 Å². The molecule has 214 valence electrons. The van der Waals surface area contributed by atoms with Crippen molar-refractivity contribution in [3.05, 3.63) is 100 Å². The van der Waals surface area contributed by atoms with Crippen molar-refractivity contribution in [1.29, 1.82) is 0 Å². The molecule has 0 saturated carbocycles. The number of nitrogens with zero attached hydrogens (tertiary/aromatic N) is 2. The molecule has 3 rings (SSSR count). The number of benzene rings is 3. The predicted molar refractivity (Wildman–Crippen MR) is 162 cm³/mol. The van der Waals surface area contributed by atoms with Crippen molar-refractivity contribution in [1.82, 2.24) is 10.2 Å². The molecule has 0 aromatic heterocycles. The van der Waals surface area contributed by atoms with Gasteiger partial charge in [-0.25, -0.2) is 8.42 Å². The lowest BCUT2D eigenvalue weighted by molar-refractivity contribution is -0.140. The lowest BCUT2D eigenvalue weighted by atomic mass is 10.0. The smallest absolute Gasteiger partial charge is 0.244 e. The molecule has 0 saturated heterocycles. The summed E-state index contributed by atoms with van der Waals surface area (Å²) < 4.78 is 27.1. The number of rotatable bonds is 10. The van der Waals surface area contributed by atoms with Crippen LogP contribution in [0.15, 0.2) is 72.8 Å². The van der Waals surface area contributed by atoms with Crippen LogP contribution >= 0.6 is 11.6 Å². The van der Waals surface area contributed by atoms with Crippen molar-refractivity contribution < 1.29 is 18.0 Å². The van der Waals surface area contributed by atoms with E-state index in [2.05, 4.69) is 5.32 Å². The Bertz CT molecular complexity index is 1440. The van der Waals surface area contributed by atoms with E-state index in [1.54, 1.807) is 36.4 Å². The molecule has 0 spiro atoms. The highest BCUT2D eigenvalue weighted by Crippen LogP contribution is 2.26. The molecule has 7 nitrogen and oxygen atoms in total. The van der Waals surface area contributed by atoms with E-state index in [0.29, 0.717) is 10.7 Å². The van der Waals surface area contributed by atoms with Crippen LogP contribution in [0, 0.1) is 13.8 Å². The maximum atomic E-state index is 14.2. The topological polar surface area (TPSA) is 86.8 Å². The van der Waals surface area contributed by atoms with Crippen LogP contribution in [0.4, 0.5) is 5.69 Å². The highest BCUT2D eigenvalue weighted by atomic mass is 35.5. The normalized spacial score (nSPS) is 12.5. The first-order valence-corrected chi connectivity index (χ1v) is 15.3. The van der Waals surface area contributed by atoms with Gasteiger partial charge in [0, 0.05) is 23.5 Å². The summed E-state index contributed by atoms with van der Waals surface area (Å²) in [6, 6.07) is 20.9. The van der Waals surface area contributed by atoms with Gasteiger partial charge in [0.05, 0.1) is 11.9 Å². The molecular weight excluding hydrogens is 546 g/mol. The zero-order valence-corrected chi connectivity index (χ0v) is 25.5. The van der Waals surface area contributed by atoms with Gasteiger partial charge in [-0.1, -0.05) is 66.2 Å². The molecular formula is C31H38ClN3O4S. The second-order valence-electron chi connectivity index (χ2n) is 11.1. The molecule has 9 heteroatoms. The van der Waals surface area contributed by atoms with Crippen LogP contribution in [-0.4, -0.2) is 49.5 Å². The minimum atomic E-state index is -3.83. The van der Waals surface area contributed by atoms with E-state index in [9.17, 15) is 18.0 Å². The number of halogens is 1. The number of aryl methyl sites for hydroxylation is 1. The van der Waals surface area contributed by atoms with Gasteiger partial charge in [0.15, 0.2) is 0 Å². The summed E-state index contributed by atoms with van der Waals surface area (Å²) in [5, 5.41) is 3.56. The van der Waals surface area contributed by atoms with Crippen molar-refractivity contribution in [3.8, 4) is 0 Å². The van der Waals surface area contributed by atoms with Gasteiger partial charge in [-0.3, -0.25) is 13.9 Å². The fourth-order valence-corrected chi connectivity index (χ4v) is 5.42. The predicted octanol–water partition coefficient (Wildman–Crippen LogP) is 5.28. The lowest BCUT2D eigenvalue weighted by Gasteiger charge is -2.35. The summed E-state index contributed by atoms with van der Waals surface area (Å²) in [6.45, 7) is 8.99. The minimum absolute atomic E-state index is 0.0927.